The summed E-state index contributed by atoms with van der Waals surface area (Å²) in [6.45, 7) is 5.83. The molecular formula is C26H29ClN2O3S2. The van der Waals surface area contributed by atoms with Gasteiger partial charge in [-0.3, -0.25) is 9.10 Å². The highest BCUT2D eigenvalue weighted by Gasteiger charge is 2.28. The van der Waals surface area contributed by atoms with Gasteiger partial charge in [0, 0.05) is 23.1 Å². The Morgan fingerprint density at radius 2 is 1.65 bits per heavy atom. The lowest BCUT2D eigenvalue weighted by Gasteiger charge is -2.26. The van der Waals surface area contributed by atoms with Gasteiger partial charge in [0.1, 0.15) is 6.54 Å². The van der Waals surface area contributed by atoms with Crippen LogP contribution in [0.5, 0.6) is 0 Å². The Morgan fingerprint density at radius 1 is 0.971 bits per heavy atom. The quantitative estimate of drug-likeness (QED) is 0.361. The van der Waals surface area contributed by atoms with Gasteiger partial charge in [0.05, 0.1) is 10.6 Å². The van der Waals surface area contributed by atoms with Crippen LogP contribution in [0.15, 0.2) is 71.6 Å². The van der Waals surface area contributed by atoms with Crippen LogP contribution >= 0.6 is 23.4 Å². The van der Waals surface area contributed by atoms with Crippen molar-refractivity contribution in [1.29, 1.82) is 0 Å². The largest absolute Gasteiger partial charge is 0.354 e. The summed E-state index contributed by atoms with van der Waals surface area (Å²) >= 11 is 7.84. The fourth-order valence-electron chi connectivity index (χ4n) is 3.47. The molecule has 0 aromatic heterocycles. The van der Waals surface area contributed by atoms with Crippen molar-refractivity contribution in [3.63, 3.8) is 0 Å². The van der Waals surface area contributed by atoms with Crippen LogP contribution < -0.4 is 9.62 Å². The van der Waals surface area contributed by atoms with E-state index in [9.17, 15) is 13.2 Å². The molecule has 0 saturated heterocycles. The van der Waals surface area contributed by atoms with Crippen LogP contribution in [0.2, 0.25) is 5.02 Å². The van der Waals surface area contributed by atoms with Crippen LogP contribution in [0, 0.1) is 20.8 Å². The molecule has 0 aliphatic heterocycles. The van der Waals surface area contributed by atoms with E-state index < -0.39 is 10.0 Å². The van der Waals surface area contributed by atoms with Gasteiger partial charge in [0.25, 0.3) is 10.0 Å². The first kappa shape index (κ1) is 26.1. The molecule has 8 heteroatoms. The smallest absolute Gasteiger partial charge is 0.264 e. The third-order valence-electron chi connectivity index (χ3n) is 5.30. The molecule has 3 rings (SSSR count). The number of halogens is 1. The fourth-order valence-corrected chi connectivity index (χ4v) is 6.10. The normalized spacial score (nSPS) is 11.3. The molecule has 0 aliphatic rings. The summed E-state index contributed by atoms with van der Waals surface area (Å²) < 4.78 is 28.2. The molecule has 0 heterocycles. The monoisotopic (exact) mass is 516 g/mol. The molecular weight excluding hydrogens is 488 g/mol. The molecule has 3 aromatic rings. The van der Waals surface area contributed by atoms with Crippen LogP contribution in [-0.4, -0.2) is 33.2 Å². The van der Waals surface area contributed by atoms with E-state index in [1.165, 1.54) is 4.31 Å². The number of thioether (sulfide) groups is 1. The van der Waals surface area contributed by atoms with E-state index >= 15 is 0 Å². The first-order valence-corrected chi connectivity index (χ1v) is 13.9. The first-order chi connectivity index (χ1) is 16.2. The number of amides is 1. The molecule has 34 heavy (non-hydrogen) atoms. The number of aryl methyl sites for hydroxylation is 3. The highest BCUT2D eigenvalue weighted by atomic mass is 35.5. The fraction of sp³-hybridized carbons (Fsp3) is 0.269. The van der Waals surface area contributed by atoms with E-state index in [1.54, 1.807) is 42.1 Å². The molecule has 0 bridgehead atoms. The summed E-state index contributed by atoms with van der Waals surface area (Å²) in [5, 5.41) is 3.57. The maximum atomic E-state index is 13.5. The highest BCUT2D eigenvalue weighted by molar-refractivity contribution is 7.98. The Labute approximate surface area is 211 Å². The lowest BCUT2D eigenvalue weighted by molar-refractivity contribution is -0.119. The van der Waals surface area contributed by atoms with Crippen LogP contribution in [0.4, 0.5) is 5.69 Å². The Morgan fingerprint density at radius 3 is 2.32 bits per heavy atom. The van der Waals surface area contributed by atoms with Crippen molar-refractivity contribution < 1.29 is 13.2 Å². The summed E-state index contributed by atoms with van der Waals surface area (Å²) in [6.07, 6.45) is 0. The van der Waals surface area contributed by atoms with Gasteiger partial charge in [0.2, 0.25) is 5.91 Å². The van der Waals surface area contributed by atoms with Crippen LogP contribution in [0.1, 0.15) is 22.3 Å². The van der Waals surface area contributed by atoms with Gasteiger partial charge in [-0.05, 0) is 56.2 Å². The van der Waals surface area contributed by atoms with Crippen molar-refractivity contribution in [1.82, 2.24) is 5.32 Å². The van der Waals surface area contributed by atoms with Crippen LogP contribution in [-0.2, 0) is 20.6 Å². The van der Waals surface area contributed by atoms with E-state index in [0.29, 0.717) is 18.0 Å². The molecule has 0 radical (unpaired) electrons. The number of nitrogens with one attached hydrogen (secondary N) is 1. The molecule has 0 fully saturated rings. The molecule has 0 saturated carbocycles. The number of benzene rings is 3. The van der Waals surface area contributed by atoms with Gasteiger partial charge < -0.3 is 5.32 Å². The number of hydrogen-bond acceptors (Lipinski definition) is 4. The van der Waals surface area contributed by atoms with E-state index in [1.807, 2.05) is 57.2 Å². The second-order valence-electron chi connectivity index (χ2n) is 8.11. The zero-order valence-electron chi connectivity index (χ0n) is 19.5. The molecule has 180 valence electrons. The topological polar surface area (TPSA) is 66.5 Å². The minimum absolute atomic E-state index is 0.154. The van der Waals surface area contributed by atoms with Gasteiger partial charge in [-0.25, -0.2) is 8.42 Å². The van der Waals surface area contributed by atoms with Crippen LogP contribution in [0.3, 0.4) is 0 Å². The average molecular weight is 517 g/mol. The van der Waals surface area contributed by atoms with Gasteiger partial charge in [0.15, 0.2) is 0 Å². The van der Waals surface area contributed by atoms with Gasteiger partial charge >= 0.3 is 0 Å². The number of hydrogen-bond donors (Lipinski definition) is 1. The first-order valence-electron chi connectivity index (χ1n) is 10.9. The molecule has 0 spiro atoms. The van der Waals surface area contributed by atoms with Crippen molar-refractivity contribution in [2.75, 3.05) is 23.1 Å². The molecule has 0 atom stereocenters. The maximum Gasteiger partial charge on any atom is 0.264 e. The number of nitrogens with zero attached hydrogens (tertiary/aromatic N) is 1. The van der Waals surface area contributed by atoms with E-state index in [2.05, 4.69) is 5.32 Å². The summed E-state index contributed by atoms with van der Waals surface area (Å²) in [7, 11) is -3.92. The molecule has 0 unspecified atom stereocenters. The second-order valence-corrected chi connectivity index (χ2v) is 11.5. The Bertz CT molecular complexity index is 1250. The van der Waals surface area contributed by atoms with E-state index in [4.69, 9.17) is 11.6 Å². The van der Waals surface area contributed by atoms with E-state index in [-0.39, 0.29) is 17.3 Å². The Balaban J connectivity index is 1.69. The van der Waals surface area contributed by atoms with Crippen molar-refractivity contribution >= 4 is 45.0 Å². The molecule has 1 amide bonds. The van der Waals surface area contributed by atoms with Gasteiger partial charge in [-0.1, -0.05) is 65.2 Å². The van der Waals surface area contributed by atoms with Gasteiger partial charge in [-0.2, -0.15) is 11.8 Å². The third-order valence-corrected chi connectivity index (χ3v) is 8.45. The molecule has 5 nitrogen and oxygen atoms in total. The summed E-state index contributed by atoms with van der Waals surface area (Å²) in [6, 6.07) is 19.8. The molecule has 3 aromatic carbocycles. The minimum atomic E-state index is -3.92. The SMILES string of the molecule is Cc1ccc(S(=O)(=O)N(CC(=O)NCCSCc2ccccc2Cl)c2ccc(C)cc2C)cc1. The van der Waals surface area contributed by atoms with Crippen LogP contribution in [0.25, 0.3) is 0 Å². The molecule has 0 aliphatic carbocycles. The Hall–Kier alpha value is -2.48. The number of anilines is 1. The average Bonchev–Trinajstić information content (AvgIpc) is 2.79. The zero-order chi connectivity index (χ0) is 24.7. The van der Waals surface area contributed by atoms with Crippen molar-refractivity contribution in [2.24, 2.45) is 0 Å². The Kier molecular flexibility index (Phi) is 9.05. The lowest BCUT2D eigenvalue weighted by atomic mass is 10.1. The zero-order valence-corrected chi connectivity index (χ0v) is 21.9. The summed E-state index contributed by atoms with van der Waals surface area (Å²) in [5.74, 6) is 1.08. The van der Waals surface area contributed by atoms with Crippen molar-refractivity contribution in [2.45, 2.75) is 31.4 Å². The van der Waals surface area contributed by atoms with E-state index in [0.717, 1.165) is 33.0 Å². The lowest BCUT2D eigenvalue weighted by Crippen LogP contribution is -2.41. The van der Waals surface area contributed by atoms with Crippen molar-refractivity contribution in [3.8, 4) is 0 Å². The highest BCUT2D eigenvalue weighted by Crippen LogP contribution is 2.27. The number of rotatable bonds is 10. The molecule has 1 N–H and O–H groups in total. The minimum Gasteiger partial charge on any atom is -0.354 e. The number of sulfonamides is 1. The predicted molar refractivity (Wildman–Crippen MR) is 142 cm³/mol. The standard InChI is InChI=1S/C26H29ClN2O3S2/c1-19-8-11-23(12-9-19)34(31,32)29(25-13-10-20(2)16-21(25)3)17-26(30)28-14-15-33-18-22-6-4-5-7-24(22)27/h4-13,16H,14-15,17-18H2,1-3H3,(H,28,30). The maximum absolute atomic E-state index is 13.5. The van der Waals surface area contributed by atoms with Crippen molar-refractivity contribution in [3.05, 3.63) is 94.0 Å². The van der Waals surface area contributed by atoms with Gasteiger partial charge in [-0.15, -0.1) is 0 Å². The third kappa shape index (κ3) is 6.78. The second kappa shape index (κ2) is 11.8. The predicted octanol–water partition coefficient (Wildman–Crippen LogP) is 5.51. The summed E-state index contributed by atoms with van der Waals surface area (Å²) in [5.41, 5.74) is 4.32. The number of carbonyl (C=O) groups excluding carboxylic acids is 1. The summed E-state index contributed by atoms with van der Waals surface area (Å²) in [4.78, 5) is 12.9. The number of carbonyl (C=O) groups is 1.